The zero-order valence-electron chi connectivity index (χ0n) is 6.39. The third-order valence-electron chi connectivity index (χ3n) is 1.53. The highest BCUT2D eigenvalue weighted by Gasteiger charge is 2.21. The van der Waals surface area contributed by atoms with Crippen LogP contribution in [0, 0.1) is 0 Å². The van der Waals surface area contributed by atoms with Gasteiger partial charge < -0.3 is 10.4 Å². The van der Waals surface area contributed by atoms with Crippen molar-refractivity contribution in [2.45, 2.75) is 25.3 Å². The second-order valence-corrected chi connectivity index (χ2v) is 2.47. The summed E-state index contributed by atoms with van der Waals surface area (Å²) >= 11 is 0. The molecule has 1 saturated heterocycles. The van der Waals surface area contributed by atoms with Crippen molar-refractivity contribution in [1.29, 1.82) is 0 Å². The van der Waals surface area contributed by atoms with Gasteiger partial charge in [-0.1, -0.05) is 0 Å². The minimum atomic E-state index is -0.675. The van der Waals surface area contributed by atoms with Crippen molar-refractivity contribution < 1.29 is 6.48 Å². The lowest BCUT2D eigenvalue weighted by molar-refractivity contribution is 0.0291. The summed E-state index contributed by atoms with van der Waals surface area (Å²) in [6.45, 7) is 1.86. The van der Waals surface area contributed by atoms with E-state index < -0.39 is 5.60 Å². The molecule has 0 unspecified atom stereocenters. The van der Waals surface area contributed by atoms with Crippen LogP contribution in [0.1, 0.15) is 21.1 Å². The summed E-state index contributed by atoms with van der Waals surface area (Å²) in [6.07, 6.45) is 1.47. The van der Waals surface area contributed by atoms with Crippen molar-refractivity contribution in [3.8, 4) is 0 Å². The molecule has 9 heavy (non-hydrogen) atoms. The minimum Gasteiger partial charge on any atom is -0.390 e. The van der Waals surface area contributed by atoms with Gasteiger partial charge in [-0.25, -0.2) is 0 Å². The van der Waals surface area contributed by atoms with Crippen molar-refractivity contribution in [2.24, 2.45) is 0 Å². The molecule has 0 radical (unpaired) electrons. The van der Waals surface area contributed by atoms with Crippen LogP contribution in [0.4, 0.5) is 0 Å². The quantitative estimate of drug-likeness (QED) is 0.531. The first kappa shape index (κ1) is 7.32. The Morgan fingerprint density at radius 1 is 1.56 bits per heavy atom. The van der Waals surface area contributed by atoms with Gasteiger partial charge in [0.15, 0.2) is 0 Å². The Balaban J connectivity index is 0.000000810. The van der Waals surface area contributed by atoms with Gasteiger partial charge in [0.05, 0.1) is 5.60 Å². The largest absolute Gasteiger partial charge is 0.390 e. The SMILES string of the molecule is Cl.[2H]CC1(O)CCNCC1. The fourth-order valence-electron chi connectivity index (χ4n) is 0.892. The van der Waals surface area contributed by atoms with Crippen LogP contribution in [-0.2, 0) is 0 Å². The zero-order valence-corrected chi connectivity index (χ0v) is 6.21. The zero-order chi connectivity index (χ0) is 6.74. The van der Waals surface area contributed by atoms with Crippen LogP contribution < -0.4 is 5.32 Å². The minimum absolute atomic E-state index is 0. The van der Waals surface area contributed by atoms with Crippen molar-refractivity contribution in [3.63, 3.8) is 0 Å². The average Bonchev–Trinajstić information content (AvgIpc) is 1.90. The first-order valence-corrected chi connectivity index (χ1v) is 2.99. The summed E-state index contributed by atoms with van der Waals surface area (Å²) in [4.78, 5) is 0. The molecule has 56 valence electrons. The summed E-state index contributed by atoms with van der Waals surface area (Å²) in [5, 5.41) is 12.6. The molecule has 1 fully saturated rings. The molecule has 0 amide bonds. The lowest BCUT2D eigenvalue weighted by atomic mass is 9.95. The average molecular weight is 153 g/mol. The molecule has 0 aromatic carbocycles. The molecule has 0 aromatic heterocycles. The molecule has 1 aliphatic rings. The van der Waals surface area contributed by atoms with Crippen LogP contribution in [0.2, 0.25) is 0 Å². The Morgan fingerprint density at radius 2 is 2.11 bits per heavy atom. The summed E-state index contributed by atoms with van der Waals surface area (Å²) in [7, 11) is 0. The molecule has 1 heterocycles. The maximum Gasteiger partial charge on any atom is 0.0644 e. The molecule has 0 spiro atoms. The molecule has 2 nitrogen and oxygen atoms in total. The van der Waals surface area contributed by atoms with Crippen LogP contribution in [0.5, 0.6) is 0 Å². The molecule has 0 atom stereocenters. The molecular formula is C6H14ClNO. The number of nitrogens with one attached hydrogen (secondary N) is 1. The highest BCUT2D eigenvalue weighted by Crippen LogP contribution is 2.15. The number of rotatable bonds is 0. The smallest absolute Gasteiger partial charge is 0.0644 e. The summed E-state index contributed by atoms with van der Waals surface area (Å²) in [6, 6.07) is 0. The van der Waals surface area contributed by atoms with Gasteiger partial charge >= 0.3 is 0 Å². The Hall–Kier alpha value is 0.210. The topological polar surface area (TPSA) is 32.3 Å². The van der Waals surface area contributed by atoms with E-state index >= 15 is 0 Å². The fourth-order valence-corrected chi connectivity index (χ4v) is 0.892. The Kier molecular flexibility index (Phi) is 2.76. The van der Waals surface area contributed by atoms with Crippen LogP contribution in [0.25, 0.3) is 0 Å². The van der Waals surface area contributed by atoms with E-state index in [2.05, 4.69) is 5.32 Å². The maximum absolute atomic E-state index is 9.45. The molecular weight excluding hydrogens is 138 g/mol. The second kappa shape index (κ2) is 3.40. The Morgan fingerprint density at radius 3 is 2.44 bits per heavy atom. The number of piperidine rings is 1. The highest BCUT2D eigenvalue weighted by atomic mass is 35.5. The third-order valence-corrected chi connectivity index (χ3v) is 1.53. The van der Waals surface area contributed by atoms with Gasteiger partial charge in [0.2, 0.25) is 0 Å². The van der Waals surface area contributed by atoms with E-state index in [0.717, 1.165) is 25.9 Å². The molecule has 0 saturated carbocycles. The number of halogens is 1. The van der Waals surface area contributed by atoms with E-state index in [9.17, 15) is 5.11 Å². The van der Waals surface area contributed by atoms with Crippen molar-refractivity contribution in [1.82, 2.24) is 5.32 Å². The predicted molar refractivity (Wildman–Crippen MR) is 40.0 cm³/mol. The van der Waals surface area contributed by atoms with E-state index in [-0.39, 0.29) is 19.3 Å². The van der Waals surface area contributed by atoms with Crippen molar-refractivity contribution >= 4 is 12.4 Å². The molecule has 1 aliphatic heterocycles. The van der Waals surface area contributed by atoms with Crippen molar-refractivity contribution in [2.75, 3.05) is 13.1 Å². The highest BCUT2D eigenvalue weighted by molar-refractivity contribution is 5.85. The summed E-state index contributed by atoms with van der Waals surface area (Å²) in [5.74, 6) is 0. The van der Waals surface area contributed by atoms with Crippen LogP contribution >= 0.6 is 12.4 Å². The third kappa shape index (κ3) is 3.04. The number of hydrogen-bond acceptors (Lipinski definition) is 2. The van der Waals surface area contributed by atoms with E-state index in [4.69, 9.17) is 1.37 Å². The first-order valence-electron chi connectivity index (χ1n) is 3.70. The van der Waals surface area contributed by atoms with Gasteiger partial charge in [-0.2, -0.15) is 0 Å². The number of hydrogen-bond donors (Lipinski definition) is 2. The molecule has 2 N–H and O–H groups in total. The molecule has 1 rings (SSSR count). The van der Waals surface area contributed by atoms with E-state index in [1.54, 1.807) is 0 Å². The summed E-state index contributed by atoms with van der Waals surface area (Å²) in [5.41, 5.74) is -0.675. The van der Waals surface area contributed by atoms with Gasteiger partial charge in [-0.15, -0.1) is 12.4 Å². The van der Waals surface area contributed by atoms with E-state index in [1.165, 1.54) is 0 Å². The van der Waals surface area contributed by atoms with Gasteiger partial charge in [-0.05, 0) is 32.8 Å². The van der Waals surface area contributed by atoms with E-state index in [1.807, 2.05) is 0 Å². The molecule has 3 heteroatoms. The van der Waals surface area contributed by atoms with Gasteiger partial charge in [0.25, 0.3) is 0 Å². The second-order valence-electron chi connectivity index (χ2n) is 2.47. The summed E-state index contributed by atoms with van der Waals surface area (Å²) < 4.78 is 7.02. The normalized spacial score (nSPS) is 26.1. The van der Waals surface area contributed by atoms with Gasteiger partial charge in [0, 0.05) is 1.37 Å². The number of aliphatic hydroxyl groups is 1. The molecule has 0 bridgehead atoms. The monoisotopic (exact) mass is 152 g/mol. The molecule has 0 aromatic rings. The Bertz CT molecular complexity index is 95.7. The van der Waals surface area contributed by atoms with Crippen molar-refractivity contribution in [3.05, 3.63) is 0 Å². The van der Waals surface area contributed by atoms with Crippen LogP contribution in [0.15, 0.2) is 0 Å². The molecule has 0 aliphatic carbocycles. The van der Waals surface area contributed by atoms with E-state index in [0.29, 0.717) is 0 Å². The lowest BCUT2D eigenvalue weighted by Crippen LogP contribution is -2.39. The maximum atomic E-state index is 9.45. The van der Waals surface area contributed by atoms with Crippen LogP contribution in [-0.4, -0.2) is 23.8 Å². The lowest BCUT2D eigenvalue weighted by Gasteiger charge is -2.27. The van der Waals surface area contributed by atoms with Crippen LogP contribution in [0.3, 0.4) is 0 Å². The van der Waals surface area contributed by atoms with Gasteiger partial charge in [0.1, 0.15) is 0 Å². The first-order chi connectivity index (χ1) is 4.27. The standard InChI is InChI=1S/C6H13NO.ClH/c1-6(8)2-4-7-5-3-6;/h7-8H,2-5H2,1H3;1H/i1D;. The fraction of sp³-hybridized carbons (Fsp3) is 1.00. The van der Waals surface area contributed by atoms with Gasteiger partial charge in [-0.3, -0.25) is 0 Å². The Labute approximate surface area is 63.5 Å². The predicted octanol–water partition coefficient (Wildman–Crippen LogP) is 0.543.